The maximum atomic E-state index is 13.4. The van der Waals surface area contributed by atoms with Crippen LogP contribution in [-0.4, -0.2) is 21.9 Å². The van der Waals surface area contributed by atoms with Gasteiger partial charge >= 0.3 is 0 Å². The molecule has 0 aliphatic carbocycles. The molecule has 120 valence electrons. The Morgan fingerprint density at radius 3 is 2.00 bits per heavy atom. The molecule has 0 aromatic heterocycles. The predicted molar refractivity (Wildman–Crippen MR) is 91.4 cm³/mol. The Balaban J connectivity index is 3.18. The van der Waals surface area contributed by atoms with E-state index >= 15 is 0 Å². The number of nitrogens with one attached hydrogen (secondary N) is 1. The molecule has 0 spiro atoms. The summed E-state index contributed by atoms with van der Waals surface area (Å²) >= 11 is 12.4. The summed E-state index contributed by atoms with van der Waals surface area (Å²) in [5.41, 5.74) is 0.682. The van der Waals surface area contributed by atoms with E-state index in [0.29, 0.717) is 22.2 Å². The first-order valence-corrected chi connectivity index (χ1v) is 10.7. The van der Waals surface area contributed by atoms with Crippen LogP contribution in [0.3, 0.4) is 0 Å². The van der Waals surface area contributed by atoms with Crippen LogP contribution in [0.25, 0.3) is 0 Å². The highest BCUT2D eigenvalue weighted by Gasteiger charge is 2.33. The van der Waals surface area contributed by atoms with Crippen molar-refractivity contribution in [3.63, 3.8) is 0 Å². The number of likely N-dealkylation sites (N-methyl/N-ethyl adjacent to an activating group) is 1. The van der Waals surface area contributed by atoms with Crippen LogP contribution < -0.4 is 5.32 Å². The average Bonchev–Trinajstić information content (AvgIpc) is 2.44. The molecule has 0 aliphatic heterocycles. The van der Waals surface area contributed by atoms with E-state index in [9.17, 15) is 4.39 Å². The van der Waals surface area contributed by atoms with Crippen LogP contribution in [0.2, 0.25) is 28.2 Å². The normalized spacial score (nSPS) is 13.5. The smallest absolute Gasteiger partial charge is 0.192 e. The fourth-order valence-electron chi connectivity index (χ4n) is 2.55. The molecule has 1 rings (SSSR count). The lowest BCUT2D eigenvalue weighted by molar-refractivity contribution is 0.189. The van der Waals surface area contributed by atoms with Gasteiger partial charge in [0.15, 0.2) is 8.32 Å². The maximum absolute atomic E-state index is 13.4. The van der Waals surface area contributed by atoms with Crippen LogP contribution >= 0.6 is 23.2 Å². The summed E-state index contributed by atoms with van der Waals surface area (Å²) in [6.45, 7) is 7.11. The van der Waals surface area contributed by atoms with E-state index in [0.717, 1.165) is 18.1 Å². The molecule has 6 heteroatoms. The van der Waals surface area contributed by atoms with Crippen molar-refractivity contribution in [3.05, 3.63) is 33.6 Å². The van der Waals surface area contributed by atoms with E-state index in [1.165, 1.54) is 12.1 Å². The minimum atomic E-state index is -1.81. The minimum Gasteiger partial charge on any atom is -0.409 e. The van der Waals surface area contributed by atoms with Crippen molar-refractivity contribution in [1.82, 2.24) is 5.32 Å². The molecule has 1 N–H and O–H groups in total. The standard InChI is InChI=1S/C15H24Cl2FNOSi/c1-5-21(6-2,7-3)20-14(10-19-4)15-12(16)8-11(18)9-13(15)17/h8-9,14,19H,5-7,10H2,1-4H3. The van der Waals surface area contributed by atoms with E-state index in [4.69, 9.17) is 27.6 Å². The topological polar surface area (TPSA) is 21.3 Å². The summed E-state index contributed by atoms with van der Waals surface area (Å²) in [6, 6.07) is 5.70. The van der Waals surface area contributed by atoms with Crippen molar-refractivity contribution in [2.75, 3.05) is 13.6 Å². The van der Waals surface area contributed by atoms with Crippen molar-refractivity contribution in [3.8, 4) is 0 Å². The largest absolute Gasteiger partial charge is 0.409 e. The molecule has 0 heterocycles. The second-order valence-corrected chi connectivity index (χ2v) is 10.7. The van der Waals surface area contributed by atoms with Crippen molar-refractivity contribution in [2.24, 2.45) is 0 Å². The number of rotatable bonds is 8. The van der Waals surface area contributed by atoms with Gasteiger partial charge in [0, 0.05) is 12.1 Å². The molecule has 0 fully saturated rings. The minimum absolute atomic E-state index is 0.248. The van der Waals surface area contributed by atoms with Crippen LogP contribution in [-0.2, 0) is 4.43 Å². The Labute approximate surface area is 138 Å². The maximum Gasteiger partial charge on any atom is 0.192 e. The lowest BCUT2D eigenvalue weighted by Crippen LogP contribution is -2.39. The Hall–Kier alpha value is -0.133. The van der Waals surface area contributed by atoms with E-state index in [1.807, 2.05) is 7.05 Å². The molecule has 0 bridgehead atoms. The van der Waals surface area contributed by atoms with Gasteiger partial charge < -0.3 is 9.74 Å². The SMILES string of the molecule is CC[Si](CC)(CC)OC(CNC)c1c(Cl)cc(F)cc1Cl. The number of hydrogen-bond acceptors (Lipinski definition) is 2. The molecule has 0 radical (unpaired) electrons. The summed E-state index contributed by atoms with van der Waals surface area (Å²) in [5.74, 6) is -0.429. The molecule has 1 aromatic carbocycles. The van der Waals surface area contributed by atoms with E-state index in [-0.39, 0.29) is 6.10 Å². The van der Waals surface area contributed by atoms with Gasteiger partial charge in [-0.2, -0.15) is 0 Å². The second kappa shape index (κ2) is 8.49. The fourth-order valence-corrected chi connectivity index (χ4v) is 6.06. The third kappa shape index (κ3) is 4.67. The van der Waals surface area contributed by atoms with Crippen LogP contribution in [0.1, 0.15) is 32.4 Å². The average molecular weight is 352 g/mol. The van der Waals surface area contributed by atoms with E-state index in [1.54, 1.807) is 0 Å². The van der Waals surface area contributed by atoms with Crippen molar-refractivity contribution in [2.45, 2.75) is 45.0 Å². The quantitative estimate of drug-likeness (QED) is 0.631. The number of hydrogen-bond donors (Lipinski definition) is 1. The highest BCUT2D eigenvalue weighted by molar-refractivity contribution is 6.73. The van der Waals surface area contributed by atoms with E-state index < -0.39 is 14.1 Å². The van der Waals surface area contributed by atoms with Crippen LogP contribution in [0.5, 0.6) is 0 Å². The van der Waals surface area contributed by atoms with Gasteiger partial charge in [0.25, 0.3) is 0 Å². The van der Waals surface area contributed by atoms with Crippen LogP contribution in [0.4, 0.5) is 4.39 Å². The zero-order valence-corrected chi connectivity index (χ0v) is 15.6. The first-order chi connectivity index (χ1) is 9.92. The monoisotopic (exact) mass is 351 g/mol. The second-order valence-electron chi connectivity index (χ2n) is 5.19. The highest BCUT2D eigenvalue weighted by Crippen LogP contribution is 2.37. The van der Waals surface area contributed by atoms with Crippen molar-refractivity contribution >= 4 is 31.5 Å². The van der Waals surface area contributed by atoms with Gasteiger partial charge in [-0.3, -0.25) is 0 Å². The lowest BCUT2D eigenvalue weighted by atomic mass is 10.1. The first-order valence-electron chi connectivity index (χ1n) is 7.39. The van der Waals surface area contributed by atoms with Gasteiger partial charge in [-0.25, -0.2) is 4.39 Å². The summed E-state index contributed by atoms with van der Waals surface area (Å²) in [7, 11) is 0.0449. The molecule has 0 saturated heterocycles. The molecule has 0 saturated carbocycles. The predicted octanol–water partition coefficient (Wildman–Crippen LogP) is 5.41. The molecule has 2 nitrogen and oxygen atoms in total. The summed E-state index contributed by atoms with van der Waals surface area (Å²) in [6.07, 6.45) is -0.248. The van der Waals surface area contributed by atoms with Gasteiger partial charge in [-0.15, -0.1) is 0 Å². The molecule has 0 amide bonds. The van der Waals surface area contributed by atoms with Gasteiger partial charge in [0.05, 0.1) is 16.1 Å². The first kappa shape index (κ1) is 18.9. The fraction of sp³-hybridized carbons (Fsp3) is 0.600. The summed E-state index contributed by atoms with van der Waals surface area (Å²) < 4.78 is 19.9. The lowest BCUT2D eigenvalue weighted by Gasteiger charge is -2.34. The summed E-state index contributed by atoms with van der Waals surface area (Å²) in [5, 5.41) is 3.77. The molecule has 21 heavy (non-hydrogen) atoms. The van der Waals surface area contributed by atoms with Gasteiger partial charge in [-0.05, 0) is 37.3 Å². The van der Waals surface area contributed by atoms with Gasteiger partial charge in [0.1, 0.15) is 5.82 Å². The zero-order chi connectivity index (χ0) is 16.0. The van der Waals surface area contributed by atoms with Crippen molar-refractivity contribution < 1.29 is 8.82 Å². The van der Waals surface area contributed by atoms with Crippen LogP contribution in [0.15, 0.2) is 12.1 Å². The molecule has 0 aliphatic rings. The highest BCUT2D eigenvalue weighted by atomic mass is 35.5. The van der Waals surface area contributed by atoms with E-state index in [2.05, 4.69) is 26.1 Å². The molecule has 1 aromatic rings. The Morgan fingerprint density at radius 1 is 1.14 bits per heavy atom. The molecule has 1 unspecified atom stereocenters. The van der Waals surface area contributed by atoms with Gasteiger partial charge in [0.2, 0.25) is 0 Å². The Kier molecular flexibility index (Phi) is 7.64. The third-order valence-corrected chi connectivity index (χ3v) is 9.36. The zero-order valence-electron chi connectivity index (χ0n) is 13.1. The molecular weight excluding hydrogens is 328 g/mol. The number of benzene rings is 1. The van der Waals surface area contributed by atoms with Gasteiger partial charge in [-0.1, -0.05) is 44.0 Å². The Bertz CT molecular complexity index is 438. The number of halogens is 3. The molecular formula is C15H24Cl2FNOSi. The van der Waals surface area contributed by atoms with Crippen LogP contribution in [0, 0.1) is 5.82 Å². The third-order valence-electron chi connectivity index (χ3n) is 4.08. The van der Waals surface area contributed by atoms with Crippen molar-refractivity contribution in [1.29, 1.82) is 0 Å². The Morgan fingerprint density at radius 2 is 1.62 bits per heavy atom. The molecule has 1 atom stereocenters. The summed E-state index contributed by atoms with van der Waals surface area (Å²) in [4.78, 5) is 0.